The first-order valence-corrected chi connectivity index (χ1v) is 9.93. The van der Waals surface area contributed by atoms with Gasteiger partial charge >= 0.3 is 6.09 Å². The molecule has 0 saturated carbocycles. The predicted octanol–water partition coefficient (Wildman–Crippen LogP) is -0.261. The molecule has 1 aromatic carbocycles. The highest BCUT2D eigenvalue weighted by molar-refractivity contribution is 5.90. The normalized spacial score (nSPS) is 18.0. The van der Waals surface area contributed by atoms with Crippen molar-refractivity contribution in [2.45, 2.75) is 32.7 Å². The van der Waals surface area contributed by atoms with Crippen molar-refractivity contribution in [2.75, 3.05) is 22.9 Å². The Morgan fingerprint density at radius 3 is 2.88 bits per heavy atom. The van der Waals surface area contributed by atoms with Crippen molar-refractivity contribution in [3.05, 3.63) is 41.5 Å². The fourth-order valence-electron chi connectivity index (χ4n) is 3.76. The van der Waals surface area contributed by atoms with Crippen LogP contribution in [0, 0.1) is 5.82 Å². The van der Waals surface area contributed by atoms with E-state index in [0.29, 0.717) is 36.8 Å². The Morgan fingerprint density at radius 1 is 1.41 bits per heavy atom. The number of nitrogens with one attached hydrogen (secondary N) is 2. The number of aromatic nitrogens is 2. The van der Waals surface area contributed by atoms with Gasteiger partial charge in [0.25, 0.3) is 0 Å². The number of benzene rings is 1. The number of hydrogen-bond donors (Lipinski definition) is 4. The number of amidine groups is 1. The van der Waals surface area contributed by atoms with Gasteiger partial charge in [-0.25, -0.2) is 15.0 Å². The number of anilines is 2. The Kier molecular flexibility index (Phi) is 5.81. The average molecular weight is 445 g/mol. The number of nitrogens with two attached hydrogens (primary N) is 2. The lowest BCUT2D eigenvalue weighted by atomic mass is 10.2. The highest BCUT2D eigenvalue weighted by atomic mass is 19.1. The third-order valence-electron chi connectivity index (χ3n) is 5.30. The second-order valence-corrected chi connectivity index (χ2v) is 7.56. The minimum Gasteiger partial charge on any atom is -0.442 e. The van der Waals surface area contributed by atoms with Gasteiger partial charge in [0.05, 0.1) is 36.7 Å². The van der Waals surface area contributed by atoms with Gasteiger partial charge < -0.3 is 26.2 Å². The lowest BCUT2D eigenvalue weighted by Gasteiger charge is -2.21. The van der Waals surface area contributed by atoms with Crippen LogP contribution in [0.1, 0.15) is 18.2 Å². The Bertz CT molecular complexity index is 1050. The number of hydrazine groups is 1. The van der Waals surface area contributed by atoms with Crippen LogP contribution in [0.15, 0.2) is 29.5 Å². The molecular formula is C19H24FN9O3. The summed E-state index contributed by atoms with van der Waals surface area (Å²) in [4.78, 5) is 26.4. The standard InChI is InChI=1S/C19H24FN9O3/c1-11(30)23-5-14-8-29(19(31)32-14)13-2-3-17(15(20)4-13)27-6-12-7-28(26-16(12)9-27)10-18(24-21)25-22/h2-4,7,14H,5-6,8-10,21-22H2,1H3,(H,23,30)(H,24,25). The van der Waals surface area contributed by atoms with Crippen molar-refractivity contribution in [3.63, 3.8) is 0 Å². The first-order chi connectivity index (χ1) is 15.4. The van der Waals surface area contributed by atoms with Crippen LogP contribution in [0.2, 0.25) is 0 Å². The van der Waals surface area contributed by atoms with Crippen LogP contribution < -0.4 is 32.2 Å². The zero-order chi connectivity index (χ0) is 22.8. The van der Waals surface area contributed by atoms with E-state index >= 15 is 0 Å². The predicted molar refractivity (Wildman–Crippen MR) is 114 cm³/mol. The van der Waals surface area contributed by atoms with Crippen molar-refractivity contribution in [3.8, 4) is 0 Å². The van der Waals surface area contributed by atoms with E-state index in [1.165, 1.54) is 17.9 Å². The molecule has 2 amide bonds. The van der Waals surface area contributed by atoms with E-state index in [2.05, 4.69) is 20.9 Å². The van der Waals surface area contributed by atoms with Gasteiger partial charge in [-0.3, -0.25) is 14.4 Å². The average Bonchev–Trinajstić information content (AvgIpc) is 3.43. The van der Waals surface area contributed by atoms with Crippen molar-refractivity contribution >= 4 is 29.2 Å². The fourth-order valence-corrected chi connectivity index (χ4v) is 3.76. The molecule has 1 saturated heterocycles. The Balaban J connectivity index is 1.42. The maximum absolute atomic E-state index is 15.0. The minimum absolute atomic E-state index is 0.208. The summed E-state index contributed by atoms with van der Waals surface area (Å²) >= 11 is 0. The molecule has 1 aromatic heterocycles. The van der Waals surface area contributed by atoms with Gasteiger partial charge in [-0.15, -0.1) is 0 Å². The van der Waals surface area contributed by atoms with Crippen LogP contribution in [0.5, 0.6) is 0 Å². The number of amides is 2. The number of halogens is 1. The van der Waals surface area contributed by atoms with E-state index in [1.54, 1.807) is 16.8 Å². The van der Waals surface area contributed by atoms with E-state index in [1.807, 2.05) is 11.1 Å². The largest absolute Gasteiger partial charge is 0.442 e. The number of hydrogen-bond acceptors (Lipinski definition) is 8. The van der Waals surface area contributed by atoms with Crippen LogP contribution >= 0.6 is 0 Å². The number of cyclic esters (lactones) is 1. The van der Waals surface area contributed by atoms with Crippen molar-refractivity contribution in [2.24, 2.45) is 16.8 Å². The summed E-state index contributed by atoms with van der Waals surface area (Å²) in [5, 5.41) is 10.6. The Morgan fingerprint density at radius 2 is 2.22 bits per heavy atom. The first-order valence-electron chi connectivity index (χ1n) is 9.93. The van der Waals surface area contributed by atoms with E-state index in [9.17, 15) is 14.0 Å². The van der Waals surface area contributed by atoms with Gasteiger partial charge in [0.1, 0.15) is 18.5 Å². The molecule has 13 heteroatoms. The molecule has 1 atom stereocenters. The smallest absolute Gasteiger partial charge is 0.414 e. The van der Waals surface area contributed by atoms with Gasteiger partial charge in [-0.2, -0.15) is 10.2 Å². The molecule has 3 heterocycles. The molecule has 0 aliphatic carbocycles. The first kappa shape index (κ1) is 21.4. The Hall–Kier alpha value is -3.87. The second kappa shape index (κ2) is 8.70. The Labute approximate surface area is 182 Å². The van der Waals surface area contributed by atoms with E-state index in [4.69, 9.17) is 16.4 Å². The van der Waals surface area contributed by atoms with Gasteiger partial charge in [-0.1, -0.05) is 0 Å². The maximum Gasteiger partial charge on any atom is 0.414 e. The molecule has 170 valence electrons. The van der Waals surface area contributed by atoms with Gasteiger partial charge in [-0.05, 0) is 18.2 Å². The topological polar surface area (TPSA) is 156 Å². The zero-order valence-electron chi connectivity index (χ0n) is 17.4. The number of carbonyl (C=O) groups is 2. The summed E-state index contributed by atoms with van der Waals surface area (Å²) in [6, 6.07) is 4.62. The van der Waals surface area contributed by atoms with E-state index in [0.717, 1.165) is 11.3 Å². The molecule has 12 nitrogen and oxygen atoms in total. The number of rotatable bonds is 6. The molecule has 1 fully saturated rings. The summed E-state index contributed by atoms with van der Waals surface area (Å²) in [5.74, 6) is 10.3. The van der Waals surface area contributed by atoms with Gasteiger partial charge in [0.15, 0.2) is 5.84 Å². The molecule has 6 N–H and O–H groups in total. The fraction of sp³-hybridized carbons (Fsp3) is 0.368. The van der Waals surface area contributed by atoms with Gasteiger partial charge in [0, 0.05) is 25.2 Å². The second-order valence-electron chi connectivity index (χ2n) is 7.56. The molecule has 32 heavy (non-hydrogen) atoms. The third-order valence-corrected chi connectivity index (χ3v) is 5.30. The highest BCUT2D eigenvalue weighted by Gasteiger charge is 2.33. The van der Waals surface area contributed by atoms with Crippen molar-refractivity contribution < 1.29 is 18.7 Å². The molecule has 1 unspecified atom stereocenters. The molecule has 0 bridgehead atoms. The van der Waals surface area contributed by atoms with E-state index < -0.39 is 18.0 Å². The van der Waals surface area contributed by atoms with Crippen LogP contribution in [0.4, 0.5) is 20.6 Å². The number of fused-ring (bicyclic) bond motifs is 1. The van der Waals surface area contributed by atoms with E-state index in [-0.39, 0.29) is 19.0 Å². The number of nitrogens with zero attached hydrogens (tertiary/aromatic N) is 5. The molecule has 2 aromatic rings. The SMILES string of the molecule is CC(=O)NCC1CN(c2ccc(N3Cc4cn(C/C(=N/N)NN)nc4C3)c(F)c2)C(=O)O1. The molecule has 0 radical (unpaired) electrons. The maximum atomic E-state index is 15.0. The third kappa shape index (κ3) is 4.27. The summed E-state index contributed by atoms with van der Waals surface area (Å²) in [6.45, 7) is 3.05. The minimum atomic E-state index is -0.574. The molecule has 0 spiro atoms. The molecule has 2 aliphatic rings. The zero-order valence-corrected chi connectivity index (χ0v) is 17.4. The van der Waals surface area contributed by atoms with Crippen LogP contribution in [-0.4, -0.2) is 46.8 Å². The summed E-state index contributed by atoms with van der Waals surface area (Å²) in [6.07, 6.45) is 0.786. The summed E-state index contributed by atoms with van der Waals surface area (Å²) in [7, 11) is 0. The van der Waals surface area contributed by atoms with Crippen LogP contribution in [0.25, 0.3) is 0 Å². The molecule has 4 rings (SSSR count). The highest BCUT2D eigenvalue weighted by Crippen LogP contribution is 2.32. The lowest BCUT2D eigenvalue weighted by molar-refractivity contribution is -0.119. The monoisotopic (exact) mass is 445 g/mol. The number of carbonyl (C=O) groups excluding carboxylic acids is 2. The van der Waals surface area contributed by atoms with Crippen molar-refractivity contribution in [1.29, 1.82) is 0 Å². The summed E-state index contributed by atoms with van der Waals surface area (Å²) < 4.78 is 21.9. The van der Waals surface area contributed by atoms with Crippen molar-refractivity contribution in [1.82, 2.24) is 20.5 Å². The quantitative estimate of drug-likeness (QED) is 0.205. The number of ether oxygens (including phenoxy) is 1. The number of hydrazone groups is 1. The lowest BCUT2D eigenvalue weighted by Crippen LogP contribution is -2.34. The van der Waals surface area contributed by atoms with Crippen LogP contribution in [0.3, 0.4) is 0 Å². The van der Waals surface area contributed by atoms with Crippen LogP contribution in [-0.2, 0) is 29.2 Å². The van der Waals surface area contributed by atoms with Gasteiger partial charge in [0.2, 0.25) is 5.91 Å². The molecular weight excluding hydrogens is 421 g/mol. The summed E-state index contributed by atoms with van der Waals surface area (Å²) in [5.41, 5.74) is 5.00. The molecule has 2 aliphatic heterocycles.